The first-order valence-electron chi connectivity index (χ1n) is 11.1. The molecule has 13 heteroatoms. The number of nitrogens with zero attached hydrogens (tertiary/aromatic N) is 6. The summed E-state index contributed by atoms with van der Waals surface area (Å²) in [6.45, 7) is 2.89. The summed E-state index contributed by atoms with van der Waals surface area (Å²) in [5, 5.41) is 15.4. The van der Waals surface area contributed by atoms with Crippen molar-refractivity contribution in [2.75, 3.05) is 13.1 Å². The highest BCUT2D eigenvalue weighted by Gasteiger charge is 2.39. The second-order valence-electron chi connectivity index (χ2n) is 8.31. The molecule has 1 fully saturated rings. The van der Waals surface area contributed by atoms with Crippen molar-refractivity contribution in [2.24, 2.45) is 5.92 Å². The van der Waals surface area contributed by atoms with Crippen LogP contribution >= 0.6 is 0 Å². The fraction of sp³-hybridized carbons (Fsp3) is 0.455. The minimum absolute atomic E-state index is 0.0274. The lowest BCUT2D eigenvalue weighted by atomic mass is 9.97. The molecule has 0 bridgehead atoms. The van der Waals surface area contributed by atoms with Gasteiger partial charge in [0.1, 0.15) is 11.6 Å². The molecule has 1 aliphatic rings. The van der Waals surface area contributed by atoms with Crippen molar-refractivity contribution in [1.29, 1.82) is 5.26 Å². The van der Waals surface area contributed by atoms with E-state index in [1.807, 2.05) is 6.92 Å². The van der Waals surface area contributed by atoms with E-state index in [4.69, 9.17) is 5.26 Å². The third-order valence-corrected chi connectivity index (χ3v) is 5.91. The van der Waals surface area contributed by atoms with Gasteiger partial charge in [-0.2, -0.15) is 23.5 Å². The normalized spacial score (nSPS) is 15.7. The maximum Gasteiger partial charge on any atom is 0.391 e. The molecule has 1 unspecified atom stereocenters. The second kappa shape index (κ2) is 9.73. The predicted molar refractivity (Wildman–Crippen MR) is 118 cm³/mol. The molecule has 3 aromatic rings. The minimum Gasteiger partial charge on any atom is -0.344 e. The number of carbonyl (C=O) groups excluding carboxylic acids is 2. The Kier molecular flexibility index (Phi) is 6.72. The summed E-state index contributed by atoms with van der Waals surface area (Å²) in [5.41, 5.74) is 1.52. The van der Waals surface area contributed by atoms with E-state index in [1.54, 1.807) is 17.1 Å². The third kappa shape index (κ3) is 5.42. The number of hydrogen-bond acceptors (Lipinski definition) is 6. The highest BCUT2D eigenvalue weighted by atomic mass is 19.4. The van der Waals surface area contributed by atoms with Crippen molar-refractivity contribution in [3.05, 3.63) is 30.4 Å². The molecule has 35 heavy (non-hydrogen) atoms. The lowest BCUT2D eigenvalue weighted by molar-refractivity contribution is -0.154. The van der Waals surface area contributed by atoms with Crippen LogP contribution in [0.2, 0.25) is 0 Å². The molecule has 0 saturated carbocycles. The number of aryl methyl sites for hydroxylation is 1. The van der Waals surface area contributed by atoms with E-state index in [0.717, 1.165) is 0 Å². The smallest absolute Gasteiger partial charge is 0.344 e. The van der Waals surface area contributed by atoms with Crippen molar-refractivity contribution in [3.63, 3.8) is 0 Å². The Morgan fingerprint density at radius 3 is 2.69 bits per heavy atom. The summed E-state index contributed by atoms with van der Waals surface area (Å²) in [7, 11) is 0. The maximum absolute atomic E-state index is 13.3. The number of aromatic nitrogens is 5. The van der Waals surface area contributed by atoms with Crippen LogP contribution in [0.5, 0.6) is 0 Å². The number of fused-ring (bicyclic) bond motifs is 1. The van der Waals surface area contributed by atoms with Crippen LogP contribution in [0, 0.1) is 17.2 Å². The molecule has 1 atom stereocenters. The molecular weight excluding hydrogens is 465 g/mol. The van der Waals surface area contributed by atoms with Crippen LogP contribution in [0.4, 0.5) is 13.2 Å². The molecule has 0 spiro atoms. The molecule has 0 radical (unpaired) electrons. The molecule has 3 aromatic heterocycles. The van der Waals surface area contributed by atoms with Crippen molar-refractivity contribution >= 4 is 23.0 Å². The first-order valence-corrected chi connectivity index (χ1v) is 11.1. The van der Waals surface area contributed by atoms with Crippen molar-refractivity contribution in [1.82, 2.24) is 34.9 Å². The van der Waals surface area contributed by atoms with Gasteiger partial charge in [0.2, 0.25) is 5.91 Å². The molecule has 1 saturated heterocycles. The fourth-order valence-corrected chi connectivity index (χ4v) is 3.99. The number of halogens is 3. The number of amides is 2. The molecule has 184 valence electrons. The molecule has 1 aliphatic heterocycles. The second-order valence-corrected chi connectivity index (χ2v) is 8.31. The topological polar surface area (TPSA) is 133 Å². The van der Waals surface area contributed by atoms with Gasteiger partial charge in [-0.15, -0.1) is 0 Å². The number of nitriles is 1. The summed E-state index contributed by atoms with van der Waals surface area (Å²) in [4.78, 5) is 38.6. The van der Waals surface area contributed by atoms with Crippen LogP contribution in [0.1, 0.15) is 36.5 Å². The molecule has 0 aromatic carbocycles. The Bertz CT molecular complexity index is 1270. The average Bonchev–Trinajstić information content (AvgIpc) is 3.49. The Morgan fingerprint density at radius 2 is 2.06 bits per heavy atom. The quantitative estimate of drug-likeness (QED) is 0.548. The number of carbonyl (C=O) groups is 2. The van der Waals surface area contributed by atoms with Gasteiger partial charge in [0.15, 0.2) is 5.65 Å². The van der Waals surface area contributed by atoms with Gasteiger partial charge in [-0.3, -0.25) is 14.3 Å². The van der Waals surface area contributed by atoms with Gasteiger partial charge in [0, 0.05) is 43.5 Å². The number of aromatic amines is 1. The zero-order valence-corrected chi connectivity index (χ0v) is 18.8. The van der Waals surface area contributed by atoms with Gasteiger partial charge >= 0.3 is 6.18 Å². The maximum atomic E-state index is 13.3. The number of likely N-dealkylation sites (tertiary alicyclic amines) is 1. The summed E-state index contributed by atoms with van der Waals surface area (Å²) in [6.07, 6.45) is 0.728. The zero-order chi connectivity index (χ0) is 25.2. The number of hydrogen-bond donors (Lipinski definition) is 2. The van der Waals surface area contributed by atoms with Gasteiger partial charge in [0.25, 0.3) is 5.91 Å². The van der Waals surface area contributed by atoms with Gasteiger partial charge in [0.05, 0.1) is 36.1 Å². The molecule has 4 rings (SSSR count). The summed E-state index contributed by atoms with van der Waals surface area (Å²) in [5.74, 6) is -1.94. The van der Waals surface area contributed by atoms with Crippen LogP contribution in [0.15, 0.2) is 24.8 Å². The first kappa shape index (κ1) is 24.2. The van der Waals surface area contributed by atoms with E-state index >= 15 is 0 Å². The van der Waals surface area contributed by atoms with Gasteiger partial charge < -0.3 is 15.2 Å². The van der Waals surface area contributed by atoms with Crippen LogP contribution in [0.25, 0.3) is 22.4 Å². The van der Waals surface area contributed by atoms with E-state index in [0.29, 0.717) is 30.6 Å². The first-order chi connectivity index (χ1) is 16.7. The Labute approximate surface area is 198 Å². The summed E-state index contributed by atoms with van der Waals surface area (Å²) < 4.78 is 41.5. The standard InChI is InChI=1S/C22H23F3N8O2/c1-2-33-12-14(9-29-33)17-11-28-19-18(30-17)15(10-27-19)20(34)31-16(7-22(23,24)25)21(35)32-5-3-13(8-26)4-6-32/h9-13,16H,2-7H2,1H3,(H,27,28)(H,31,34). The third-order valence-electron chi connectivity index (χ3n) is 5.91. The van der Waals surface area contributed by atoms with E-state index in [2.05, 4.69) is 31.4 Å². The Hall–Kier alpha value is -3.95. The van der Waals surface area contributed by atoms with E-state index in [9.17, 15) is 22.8 Å². The number of alkyl halides is 3. The molecule has 4 heterocycles. The number of piperidine rings is 1. The van der Waals surface area contributed by atoms with Crippen molar-refractivity contribution in [2.45, 2.75) is 44.9 Å². The van der Waals surface area contributed by atoms with E-state index in [-0.39, 0.29) is 35.7 Å². The molecule has 2 N–H and O–H groups in total. The monoisotopic (exact) mass is 488 g/mol. The lowest BCUT2D eigenvalue weighted by Gasteiger charge is -2.32. The van der Waals surface area contributed by atoms with E-state index in [1.165, 1.54) is 17.3 Å². The SMILES string of the molecule is CCn1cc(-c2cnc3[nH]cc(C(=O)NC(CC(F)(F)F)C(=O)N4CCC(C#N)CC4)c3n2)cn1. The molecule has 10 nitrogen and oxygen atoms in total. The van der Waals surface area contributed by atoms with Crippen LogP contribution in [0.3, 0.4) is 0 Å². The molecule has 0 aliphatic carbocycles. The molecule has 2 amide bonds. The Balaban J connectivity index is 1.57. The number of rotatable bonds is 6. The average molecular weight is 488 g/mol. The van der Waals surface area contributed by atoms with Gasteiger partial charge in [-0.1, -0.05) is 0 Å². The van der Waals surface area contributed by atoms with Crippen LogP contribution in [-0.4, -0.2) is 66.8 Å². The highest BCUT2D eigenvalue weighted by molar-refractivity contribution is 6.06. The lowest BCUT2D eigenvalue weighted by Crippen LogP contribution is -2.52. The van der Waals surface area contributed by atoms with Crippen molar-refractivity contribution < 1.29 is 22.8 Å². The van der Waals surface area contributed by atoms with E-state index < -0.39 is 30.5 Å². The van der Waals surface area contributed by atoms with Crippen LogP contribution < -0.4 is 5.32 Å². The summed E-state index contributed by atoms with van der Waals surface area (Å²) in [6, 6.07) is 0.309. The zero-order valence-electron chi connectivity index (χ0n) is 18.8. The Morgan fingerprint density at radius 1 is 1.31 bits per heavy atom. The summed E-state index contributed by atoms with van der Waals surface area (Å²) >= 11 is 0. The number of H-pyrrole nitrogens is 1. The van der Waals surface area contributed by atoms with Gasteiger partial charge in [-0.25, -0.2) is 9.97 Å². The fourth-order valence-electron chi connectivity index (χ4n) is 3.99. The molecular formula is C22H23F3N8O2. The largest absolute Gasteiger partial charge is 0.391 e. The predicted octanol–water partition coefficient (Wildman–Crippen LogP) is 2.65. The minimum atomic E-state index is -4.68. The highest BCUT2D eigenvalue weighted by Crippen LogP contribution is 2.25. The van der Waals surface area contributed by atoms with Gasteiger partial charge in [-0.05, 0) is 19.8 Å². The number of nitrogens with one attached hydrogen (secondary N) is 2. The van der Waals surface area contributed by atoms with Crippen LogP contribution in [-0.2, 0) is 11.3 Å². The van der Waals surface area contributed by atoms with Crippen molar-refractivity contribution in [3.8, 4) is 17.3 Å².